The molecule has 2 rings (SSSR count). The number of carbonyl (C=O) groups excluding carboxylic acids is 1. The summed E-state index contributed by atoms with van der Waals surface area (Å²) in [6.45, 7) is 2.43. The number of hydrogen-bond acceptors (Lipinski definition) is 2. The van der Waals surface area contributed by atoms with Crippen molar-refractivity contribution >= 4 is 17.7 Å². The Bertz CT molecular complexity index is 489. The summed E-state index contributed by atoms with van der Waals surface area (Å²) in [4.78, 5) is 26.6. The van der Waals surface area contributed by atoms with Crippen LogP contribution in [-0.4, -0.2) is 42.1 Å². The molecule has 0 saturated carbocycles. The van der Waals surface area contributed by atoms with Crippen molar-refractivity contribution in [1.29, 1.82) is 0 Å². The van der Waals surface area contributed by atoms with Crippen molar-refractivity contribution in [2.45, 2.75) is 13.3 Å². The molecule has 0 spiro atoms. The van der Waals surface area contributed by atoms with Crippen LogP contribution in [-0.2, 0) is 4.79 Å². The number of carbonyl (C=O) groups is 2. The van der Waals surface area contributed by atoms with Gasteiger partial charge in [-0.3, -0.25) is 9.69 Å². The third-order valence-corrected chi connectivity index (χ3v) is 3.69. The van der Waals surface area contributed by atoms with Crippen LogP contribution in [0.2, 0.25) is 0 Å². The van der Waals surface area contributed by atoms with Gasteiger partial charge >= 0.3 is 12.0 Å². The normalized spacial score (nSPS) is 22.3. The van der Waals surface area contributed by atoms with Gasteiger partial charge in [-0.05, 0) is 25.5 Å². The first-order valence-corrected chi connectivity index (χ1v) is 6.25. The highest BCUT2D eigenvalue weighted by Crippen LogP contribution is 2.31. The number of anilines is 1. The van der Waals surface area contributed by atoms with Gasteiger partial charge in [-0.15, -0.1) is 0 Å². The molecule has 0 aromatic heterocycles. The smallest absolute Gasteiger partial charge is 0.324 e. The van der Waals surface area contributed by atoms with E-state index in [1.165, 1.54) is 0 Å². The zero-order valence-corrected chi connectivity index (χ0v) is 11.2. The maximum absolute atomic E-state index is 12.3. The molecule has 2 amide bonds. The minimum atomic E-state index is -0.842. The van der Waals surface area contributed by atoms with Crippen molar-refractivity contribution in [2.75, 3.05) is 25.0 Å². The van der Waals surface area contributed by atoms with Crippen molar-refractivity contribution in [3.8, 4) is 0 Å². The number of rotatable bonds is 2. The fourth-order valence-corrected chi connectivity index (χ4v) is 2.27. The monoisotopic (exact) mass is 262 g/mol. The van der Waals surface area contributed by atoms with Crippen molar-refractivity contribution < 1.29 is 14.7 Å². The van der Waals surface area contributed by atoms with Gasteiger partial charge in [-0.1, -0.05) is 18.2 Å². The van der Waals surface area contributed by atoms with Crippen LogP contribution in [0.5, 0.6) is 0 Å². The summed E-state index contributed by atoms with van der Waals surface area (Å²) < 4.78 is 0. The first-order valence-electron chi connectivity index (χ1n) is 6.25. The lowest BCUT2D eigenvalue weighted by Crippen LogP contribution is -2.42. The van der Waals surface area contributed by atoms with Gasteiger partial charge in [0.15, 0.2) is 0 Å². The molecule has 1 aromatic carbocycles. The lowest BCUT2D eigenvalue weighted by atomic mass is 9.90. The SMILES string of the molecule is CN(C(=O)N1CCC(C)(C(=O)O)C1)c1ccccc1. The fraction of sp³-hybridized carbons (Fsp3) is 0.429. The van der Waals surface area contributed by atoms with E-state index in [2.05, 4.69) is 0 Å². The van der Waals surface area contributed by atoms with Crippen molar-refractivity contribution in [3.63, 3.8) is 0 Å². The number of aliphatic carboxylic acids is 1. The predicted octanol–water partition coefficient (Wildman–Crippen LogP) is 2.04. The Hall–Kier alpha value is -2.04. The second-order valence-electron chi connectivity index (χ2n) is 5.21. The van der Waals surface area contributed by atoms with Crippen molar-refractivity contribution in [2.24, 2.45) is 5.41 Å². The molecule has 0 bridgehead atoms. The molecule has 1 aromatic rings. The number of carboxylic acids is 1. The molecule has 1 saturated heterocycles. The van der Waals surface area contributed by atoms with E-state index < -0.39 is 11.4 Å². The highest BCUT2D eigenvalue weighted by Gasteiger charge is 2.42. The maximum atomic E-state index is 12.3. The minimum absolute atomic E-state index is 0.156. The number of amides is 2. The molecule has 102 valence electrons. The van der Waals surface area contributed by atoms with Crippen molar-refractivity contribution in [3.05, 3.63) is 30.3 Å². The van der Waals surface area contributed by atoms with Crippen LogP contribution in [0.4, 0.5) is 10.5 Å². The molecule has 1 atom stereocenters. The average molecular weight is 262 g/mol. The summed E-state index contributed by atoms with van der Waals surface area (Å²) in [7, 11) is 1.70. The van der Waals surface area contributed by atoms with Gasteiger partial charge in [-0.25, -0.2) is 4.79 Å². The Balaban J connectivity index is 2.08. The van der Waals surface area contributed by atoms with Crippen LogP contribution >= 0.6 is 0 Å². The topological polar surface area (TPSA) is 60.9 Å². The quantitative estimate of drug-likeness (QED) is 0.887. The van der Waals surface area contributed by atoms with E-state index in [0.29, 0.717) is 13.0 Å². The lowest BCUT2D eigenvalue weighted by molar-refractivity contribution is -0.146. The summed E-state index contributed by atoms with van der Waals surface area (Å²) in [6, 6.07) is 9.17. The molecule has 5 nitrogen and oxygen atoms in total. The summed E-state index contributed by atoms with van der Waals surface area (Å²) in [6.07, 6.45) is 0.497. The number of urea groups is 1. The molecule has 1 heterocycles. The number of hydrogen-bond donors (Lipinski definition) is 1. The molecular weight excluding hydrogens is 244 g/mol. The summed E-state index contributed by atoms with van der Waals surface area (Å²) in [5.41, 5.74) is -0.0240. The summed E-state index contributed by atoms with van der Waals surface area (Å²) in [5, 5.41) is 9.18. The highest BCUT2D eigenvalue weighted by molar-refractivity contribution is 5.92. The first kappa shape index (κ1) is 13.4. The zero-order chi connectivity index (χ0) is 14.0. The number of para-hydroxylation sites is 1. The van der Waals surface area contributed by atoms with Crippen molar-refractivity contribution in [1.82, 2.24) is 4.90 Å². The van der Waals surface area contributed by atoms with Crippen LogP contribution in [0.3, 0.4) is 0 Å². The molecule has 1 N–H and O–H groups in total. The Morgan fingerprint density at radius 1 is 1.32 bits per heavy atom. The van der Waals surface area contributed by atoms with E-state index >= 15 is 0 Å². The number of carboxylic acid groups (broad SMARTS) is 1. The second kappa shape index (κ2) is 4.91. The van der Waals surface area contributed by atoms with E-state index in [1.807, 2.05) is 30.3 Å². The minimum Gasteiger partial charge on any atom is -0.481 e. The molecule has 1 aliphatic heterocycles. The second-order valence-corrected chi connectivity index (χ2v) is 5.21. The van der Waals surface area contributed by atoms with E-state index in [1.54, 1.807) is 23.8 Å². The number of benzene rings is 1. The van der Waals surface area contributed by atoms with E-state index in [4.69, 9.17) is 0 Å². The summed E-state index contributed by atoms with van der Waals surface area (Å²) in [5.74, 6) is -0.842. The summed E-state index contributed by atoms with van der Waals surface area (Å²) >= 11 is 0. The van der Waals surface area contributed by atoms with Gasteiger partial charge in [0, 0.05) is 25.8 Å². The van der Waals surface area contributed by atoms with Gasteiger partial charge in [-0.2, -0.15) is 0 Å². The Labute approximate surface area is 112 Å². The standard InChI is InChI=1S/C14H18N2O3/c1-14(12(17)18)8-9-16(10-14)13(19)15(2)11-6-4-3-5-7-11/h3-7H,8-10H2,1-2H3,(H,17,18). The molecular formula is C14H18N2O3. The number of likely N-dealkylation sites (tertiary alicyclic amines) is 1. The highest BCUT2D eigenvalue weighted by atomic mass is 16.4. The van der Waals surface area contributed by atoms with Gasteiger partial charge < -0.3 is 10.0 Å². The fourth-order valence-electron chi connectivity index (χ4n) is 2.27. The largest absolute Gasteiger partial charge is 0.481 e. The van der Waals surface area contributed by atoms with Gasteiger partial charge in [0.25, 0.3) is 0 Å². The molecule has 1 aliphatic rings. The van der Waals surface area contributed by atoms with Crippen LogP contribution in [0.1, 0.15) is 13.3 Å². The van der Waals surface area contributed by atoms with Gasteiger partial charge in [0.1, 0.15) is 0 Å². The van der Waals surface area contributed by atoms with Crippen LogP contribution in [0, 0.1) is 5.41 Å². The molecule has 1 fully saturated rings. The van der Waals surface area contributed by atoms with E-state index in [0.717, 1.165) is 5.69 Å². The van der Waals surface area contributed by atoms with Gasteiger partial charge in [0.05, 0.1) is 5.41 Å². The molecule has 1 unspecified atom stereocenters. The third kappa shape index (κ3) is 2.54. The lowest BCUT2D eigenvalue weighted by Gasteiger charge is -2.26. The zero-order valence-electron chi connectivity index (χ0n) is 11.2. The Kier molecular flexibility index (Phi) is 3.46. The van der Waals surface area contributed by atoms with Crippen LogP contribution in [0.25, 0.3) is 0 Å². The molecule has 0 aliphatic carbocycles. The van der Waals surface area contributed by atoms with Crippen LogP contribution in [0.15, 0.2) is 30.3 Å². The Morgan fingerprint density at radius 3 is 2.47 bits per heavy atom. The first-order chi connectivity index (χ1) is 8.94. The molecule has 0 radical (unpaired) electrons. The average Bonchev–Trinajstić information content (AvgIpc) is 2.82. The van der Waals surface area contributed by atoms with E-state index in [-0.39, 0.29) is 12.6 Å². The van der Waals surface area contributed by atoms with Crippen LogP contribution < -0.4 is 4.90 Å². The van der Waals surface area contributed by atoms with Gasteiger partial charge in [0.2, 0.25) is 0 Å². The van der Waals surface area contributed by atoms with E-state index in [9.17, 15) is 14.7 Å². The Morgan fingerprint density at radius 2 is 1.95 bits per heavy atom. The maximum Gasteiger partial charge on any atom is 0.324 e. The third-order valence-electron chi connectivity index (χ3n) is 3.69. The predicted molar refractivity (Wildman–Crippen MR) is 72.2 cm³/mol. The number of nitrogens with zero attached hydrogens (tertiary/aromatic N) is 2. The molecule has 19 heavy (non-hydrogen) atoms. The molecule has 5 heteroatoms.